The fourth-order valence-corrected chi connectivity index (χ4v) is 4.63. The minimum absolute atomic E-state index is 0.120. The van der Waals surface area contributed by atoms with Crippen LogP contribution in [0, 0.1) is 11.3 Å². The number of carbonyl (C=O) groups excluding carboxylic acids is 1. The Morgan fingerprint density at radius 2 is 1.86 bits per heavy atom. The molecule has 0 radical (unpaired) electrons. The second-order valence-electron chi connectivity index (χ2n) is 8.78. The van der Waals surface area contributed by atoms with E-state index in [1.165, 1.54) is 6.42 Å². The molecule has 2 atom stereocenters. The van der Waals surface area contributed by atoms with Crippen molar-refractivity contribution in [2.24, 2.45) is 16.3 Å². The summed E-state index contributed by atoms with van der Waals surface area (Å²) in [6, 6.07) is 0. The maximum atomic E-state index is 12.7. The van der Waals surface area contributed by atoms with Crippen LogP contribution in [0.15, 0.2) is 4.99 Å². The Hall–Kier alpha value is -1.34. The van der Waals surface area contributed by atoms with Crippen molar-refractivity contribution in [1.82, 2.24) is 15.1 Å². The Morgan fingerprint density at radius 3 is 2.50 bits per heavy atom. The Kier molecular flexibility index (Phi) is 7.57. The molecule has 0 bridgehead atoms. The molecule has 0 spiro atoms. The summed E-state index contributed by atoms with van der Waals surface area (Å²) >= 11 is 0. The number of morpholine rings is 1. The number of carbonyl (C=O) groups is 1. The van der Waals surface area contributed by atoms with Gasteiger partial charge >= 0.3 is 0 Å². The number of nitrogens with zero attached hydrogens (tertiary/aromatic N) is 3. The minimum atomic E-state index is -0.259. The molecule has 2 saturated heterocycles. The largest absolute Gasteiger partial charge is 0.392 e. The third-order valence-corrected chi connectivity index (χ3v) is 6.67. The van der Waals surface area contributed by atoms with Crippen molar-refractivity contribution in [2.75, 3.05) is 52.5 Å². The summed E-state index contributed by atoms with van der Waals surface area (Å²) in [6.45, 7) is 10.2. The molecular formula is C21H38N4O3. The number of aliphatic hydroxyl groups excluding tert-OH is 1. The molecule has 1 saturated carbocycles. The van der Waals surface area contributed by atoms with E-state index in [-0.39, 0.29) is 17.4 Å². The van der Waals surface area contributed by atoms with Gasteiger partial charge in [0.25, 0.3) is 0 Å². The van der Waals surface area contributed by atoms with Crippen molar-refractivity contribution in [2.45, 2.75) is 58.5 Å². The Labute approximate surface area is 169 Å². The zero-order chi connectivity index (χ0) is 20.0. The molecule has 1 amide bonds. The first-order chi connectivity index (χ1) is 13.5. The van der Waals surface area contributed by atoms with Crippen LogP contribution < -0.4 is 5.32 Å². The van der Waals surface area contributed by atoms with Gasteiger partial charge in [0.2, 0.25) is 5.91 Å². The van der Waals surface area contributed by atoms with Crippen LogP contribution in [0.5, 0.6) is 0 Å². The number of piperidine rings is 1. The lowest BCUT2D eigenvalue weighted by Crippen LogP contribution is -2.50. The number of guanidine groups is 1. The third-order valence-electron chi connectivity index (χ3n) is 6.67. The fourth-order valence-electron chi connectivity index (χ4n) is 4.63. The molecule has 3 fully saturated rings. The molecule has 7 nitrogen and oxygen atoms in total. The minimum Gasteiger partial charge on any atom is -0.392 e. The van der Waals surface area contributed by atoms with Crippen molar-refractivity contribution in [3.05, 3.63) is 0 Å². The van der Waals surface area contributed by atoms with Gasteiger partial charge in [-0.25, -0.2) is 0 Å². The van der Waals surface area contributed by atoms with E-state index in [0.717, 1.165) is 70.8 Å². The number of rotatable bonds is 4. The van der Waals surface area contributed by atoms with Gasteiger partial charge in [0.15, 0.2) is 5.96 Å². The van der Waals surface area contributed by atoms with Crippen LogP contribution in [0.4, 0.5) is 0 Å². The smallest absolute Gasteiger partial charge is 0.225 e. The van der Waals surface area contributed by atoms with E-state index < -0.39 is 0 Å². The predicted octanol–water partition coefficient (Wildman–Crippen LogP) is 1.46. The summed E-state index contributed by atoms with van der Waals surface area (Å²) in [5.74, 6) is 1.34. The van der Waals surface area contributed by atoms with Crippen molar-refractivity contribution in [1.29, 1.82) is 0 Å². The van der Waals surface area contributed by atoms with Crippen LogP contribution in [0.25, 0.3) is 0 Å². The van der Waals surface area contributed by atoms with E-state index in [2.05, 4.69) is 24.1 Å². The van der Waals surface area contributed by atoms with Gasteiger partial charge in [-0.3, -0.25) is 9.79 Å². The number of aliphatic hydroxyl groups is 1. The maximum absolute atomic E-state index is 12.7. The Bertz CT molecular complexity index is 542. The van der Waals surface area contributed by atoms with E-state index >= 15 is 0 Å². The molecule has 2 heterocycles. The summed E-state index contributed by atoms with van der Waals surface area (Å²) in [6.07, 6.45) is 5.70. The topological polar surface area (TPSA) is 77.4 Å². The predicted molar refractivity (Wildman–Crippen MR) is 110 cm³/mol. The molecule has 0 aromatic rings. The Morgan fingerprint density at radius 1 is 1.14 bits per heavy atom. The van der Waals surface area contributed by atoms with E-state index in [1.54, 1.807) is 0 Å². The highest BCUT2D eigenvalue weighted by Gasteiger charge is 2.36. The lowest BCUT2D eigenvalue weighted by atomic mass is 9.73. The number of amides is 1. The second kappa shape index (κ2) is 9.92. The number of hydrogen-bond acceptors (Lipinski definition) is 4. The van der Waals surface area contributed by atoms with Crippen molar-refractivity contribution < 1.29 is 14.6 Å². The van der Waals surface area contributed by atoms with Gasteiger partial charge in [0.05, 0.1) is 25.9 Å². The second-order valence-corrected chi connectivity index (χ2v) is 8.78. The van der Waals surface area contributed by atoms with Crippen LogP contribution in [0.1, 0.15) is 52.4 Å². The Balaban J connectivity index is 1.55. The van der Waals surface area contributed by atoms with Crippen LogP contribution in [-0.2, 0) is 9.53 Å². The van der Waals surface area contributed by atoms with Crippen LogP contribution in [-0.4, -0.2) is 85.4 Å². The average Bonchev–Trinajstić information content (AvgIpc) is 2.74. The molecular weight excluding hydrogens is 356 g/mol. The molecule has 1 aliphatic carbocycles. The lowest BCUT2D eigenvalue weighted by Gasteiger charge is -2.39. The van der Waals surface area contributed by atoms with Gasteiger partial charge in [-0.1, -0.05) is 19.8 Å². The first-order valence-electron chi connectivity index (χ1n) is 11.1. The van der Waals surface area contributed by atoms with E-state index in [9.17, 15) is 9.90 Å². The number of hydrogen-bond donors (Lipinski definition) is 2. The maximum Gasteiger partial charge on any atom is 0.225 e. The van der Waals surface area contributed by atoms with Crippen molar-refractivity contribution in [3.8, 4) is 0 Å². The van der Waals surface area contributed by atoms with Gasteiger partial charge in [0.1, 0.15) is 0 Å². The SMILES string of the molecule is CCNC(=NCC1(C)CCCCC1O)N1CCC(C(=O)N2CCOCC2)CC1. The van der Waals surface area contributed by atoms with E-state index in [1.807, 2.05) is 4.90 Å². The quantitative estimate of drug-likeness (QED) is 0.558. The first kappa shape index (κ1) is 21.4. The van der Waals surface area contributed by atoms with E-state index in [0.29, 0.717) is 25.7 Å². The molecule has 0 aromatic heterocycles. The summed E-state index contributed by atoms with van der Waals surface area (Å²) in [7, 11) is 0. The van der Waals surface area contributed by atoms with Crippen LogP contribution >= 0.6 is 0 Å². The van der Waals surface area contributed by atoms with Gasteiger partial charge in [0, 0.05) is 44.1 Å². The van der Waals surface area contributed by atoms with Gasteiger partial charge < -0.3 is 25.0 Å². The molecule has 0 aromatic carbocycles. The standard InChI is InChI=1S/C21H38N4O3/c1-3-22-20(23-16-21(2)9-5-4-6-18(21)26)25-10-7-17(8-11-25)19(27)24-12-14-28-15-13-24/h17-18,26H,3-16H2,1-2H3,(H,22,23). The fraction of sp³-hybridized carbons (Fsp3) is 0.905. The normalized spacial score (nSPS) is 30.4. The number of ether oxygens (including phenoxy) is 1. The van der Waals surface area contributed by atoms with Crippen LogP contribution in [0.3, 0.4) is 0 Å². The zero-order valence-corrected chi connectivity index (χ0v) is 17.7. The highest BCUT2D eigenvalue weighted by Crippen LogP contribution is 2.36. The number of nitrogens with one attached hydrogen (secondary N) is 1. The zero-order valence-electron chi connectivity index (χ0n) is 17.7. The molecule has 3 rings (SSSR count). The summed E-state index contributed by atoms with van der Waals surface area (Å²) in [4.78, 5) is 21.9. The number of aliphatic imine (C=N–C) groups is 1. The van der Waals surface area contributed by atoms with Gasteiger partial charge in [-0.05, 0) is 32.6 Å². The monoisotopic (exact) mass is 394 g/mol. The molecule has 2 unspecified atom stereocenters. The molecule has 28 heavy (non-hydrogen) atoms. The molecule has 7 heteroatoms. The van der Waals surface area contributed by atoms with Gasteiger partial charge in [-0.2, -0.15) is 0 Å². The van der Waals surface area contributed by atoms with Crippen molar-refractivity contribution in [3.63, 3.8) is 0 Å². The van der Waals surface area contributed by atoms with Crippen molar-refractivity contribution >= 4 is 11.9 Å². The molecule has 2 N–H and O–H groups in total. The van der Waals surface area contributed by atoms with Crippen LogP contribution in [0.2, 0.25) is 0 Å². The third kappa shape index (κ3) is 5.17. The summed E-state index contributed by atoms with van der Waals surface area (Å²) < 4.78 is 5.36. The summed E-state index contributed by atoms with van der Waals surface area (Å²) in [5, 5.41) is 13.9. The average molecular weight is 395 g/mol. The number of likely N-dealkylation sites (tertiary alicyclic amines) is 1. The lowest BCUT2D eigenvalue weighted by molar-refractivity contribution is -0.140. The summed E-state index contributed by atoms with van der Waals surface area (Å²) in [5.41, 5.74) is -0.121. The highest BCUT2D eigenvalue weighted by atomic mass is 16.5. The molecule has 2 aliphatic heterocycles. The highest BCUT2D eigenvalue weighted by molar-refractivity contribution is 5.82. The first-order valence-corrected chi connectivity index (χ1v) is 11.1. The molecule has 3 aliphatic rings. The molecule has 160 valence electrons. The van der Waals surface area contributed by atoms with E-state index in [4.69, 9.17) is 9.73 Å². The van der Waals surface area contributed by atoms with Gasteiger partial charge in [-0.15, -0.1) is 0 Å².